The van der Waals surface area contributed by atoms with Crippen LogP contribution in [0.4, 0.5) is 0 Å². The van der Waals surface area contributed by atoms with Gasteiger partial charge >= 0.3 is 0 Å². The third kappa shape index (κ3) is 3.84. The number of rotatable bonds is 6. The van der Waals surface area contributed by atoms with E-state index in [2.05, 4.69) is 5.16 Å². The fraction of sp³-hybridized carbons (Fsp3) is 0.364. The highest BCUT2D eigenvalue weighted by Crippen LogP contribution is 2.28. The van der Waals surface area contributed by atoms with Gasteiger partial charge in [-0.3, -0.25) is 0 Å². The summed E-state index contributed by atoms with van der Waals surface area (Å²) in [6.45, 7) is 0.228. The quantitative estimate of drug-likeness (QED) is 0.294. The Morgan fingerprint density at radius 3 is 2.76 bits per heavy atom. The molecule has 1 rings (SSSR count). The molecule has 1 aromatic rings. The Bertz CT molecular complexity index is 393. The molecule has 0 fully saturated rings. The summed E-state index contributed by atoms with van der Waals surface area (Å²) in [5, 5.41) is 20.2. The van der Waals surface area contributed by atoms with E-state index in [0.717, 1.165) is 5.56 Å². The van der Waals surface area contributed by atoms with Crippen molar-refractivity contribution in [3.63, 3.8) is 0 Å². The molecule has 17 heavy (non-hydrogen) atoms. The highest BCUT2D eigenvalue weighted by atomic mass is 16.5. The first-order valence-corrected chi connectivity index (χ1v) is 5.08. The first-order chi connectivity index (χ1) is 8.21. The number of ether oxygens (including phenoxy) is 2. The second-order valence-electron chi connectivity index (χ2n) is 3.33. The number of oxime groups is 1. The van der Waals surface area contributed by atoms with Crippen molar-refractivity contribution in [3.8, 4) is 11.5 Å². The Morgan fingerprint density at radius 1 is 1.41 bits per heavy atom. The van der Waals surface area contributed by atoms with Crippen LogP contribution in [-0.4, -0.2) is 29.9 Å². The lowest BCUT2D eigenvalue weighted by Crippen LogP contribution is -2.15. The molecule has 0 atom stereocenters. The molecule has 0 bridgehead atoms. The molecule has 0 saturated carbocycles. The summed E-state index contributed by atoms with van der Waals surface area (Å²) in [6.07, 6.45) is 0.321. The molecule has 0 heterocycles. The lowest BCUT2D eigenvalue weighted by atomic mass is 10.2. The van der Waals surface area contributed by atoms with Crippen LogP contribution >= 0.6 is 0 Å². The Morgan fingerprint density at radius 2 is 2.18 bits per heavy atom. The van der Waals surface area contributed by atoms with Crippen LogP contribution in [0.15, 0.2) is 23.4 Å². The maximum absolute atomic E-state index is 8.97. The normalized spacial score (nSPS) is 11.3. The number of aliphatic hydroxyl groups excluding tert-OH is 1. The summed E-state index contributed by atoms with van der Waals surface area (Å²) in [4.78, 5) is 0. The Hall–Kier alpha value is -1.95. The summed E-state index contributed by atoms with van der Waals surface area (Å²) in [7, 11) is 1.52. The zero-order valence-corrected chi connectivity index (χ0v) is 9.59. The number of nitrogens with zero attached hydrogens (tertiary/aromatic N) is 1. The van der Waals surface area contributed by atoms with E-state index in [-0.39, 0.29) is 19.0 Å². The topological polar surface area (TPSA) is 97.3 Å². The second-order valence-corrected chi connectivity index (χ2v) is 3.33. The number of nitrogens with two attached hydrogens (primary N) is 1. The molecule has 94 valence electrons. The third-order valence-electron chi connectivity index (χ3n) is 2.15. The summed E-state index contributed by atoms with van der Waals surface area (Å²) in [5.74, 6) is 1.20. The van der Waals surface area contributed by atoms with Gasteiger partial charge in [0.2, 0.25) is 0 Å². The summed E-state index contributed by atoms with van der Waals surface area (Å²) >= 11 is 0. The summed E-state index contributed by atoms with van der Waals surface area (Å²) < 4.78 is 10.5. The van der Waals surface area contributed by atoms with Crippen molar-refractivity contribution in [1.82, 2.24) is 0 Å². The van der Waals surface area contributed by atoms with Gasteiger partial charge in [0.15, 0.2) is 11.5 Å². The zero-order chi connectivity index (χ0) is 12.7. The van der Waals surface area contributed by atoms with Crippen molar-refractivity contribution in [2.45, 2.75) is 13.0 Å². The highest BCUT2D eigenvalue weighted by Gasteiger charge is 2.05. The molecule has 6 nitrogen and oxygen atoms in total. The smallest absolute Gasteiger partial charge is 0.161 e. The maximum atomic E-state index is 8.97. The number of aliphatic hydroxyl groups is 1. The van der Waals surface area contributed by atoms with Crippen LogP contribution in [0.1, 0.15) is 12.0 Å². The minimum atomic E-state index is -0.0548. The first kappa shape index (κ1) is 13.1. The molecule has 0 aliphatic carbocycles. The van der Waals surface area contributed by atoms with Crippen molar-refractivity contribution < 1.29 is 19.8 Å². The largest absolute Gasteiger partial charge is 0.493 e. The van der Waals surface area contributed by atoms with Gasteiger partial charge in [0, 0.05) is 6.42 Å². The Balaban J connectivity index is 2.64. The fourth-order valence-electron chi connectivity index (χ4n) is 1.25. The van der Waals surface area contributed by atoms with Crippen molar-refractivity contribution in [2.75, 3.05) is 13.7 Å². The number of hydrogen-bond donors (Lipinski definition) is 3. The van der Waals surface area contributed by atoms with Crippen molar-refractivity contribution >= 4 is 5.84 Å². The molecule has 0 unspecified atom stereocenters. The number of methoxy groups -OCH3 is 1. The van der Waals surface area contributed by atoms with E-state index in [1.165, 1.54) is 7.11 Å². The molecule has 4 N–H and O–H groups in total. The highest BCUT2D eigenvalue weighted by molar-refractivity contribution is 5.79. The average molecular weight is 240 g/mol. The monoisotopic (exact) mass is 240 g/mol. The Kier molecular flexibility index (Phi) is 5.09. The van der Waals surface area contributed by atoms with Crippen LogP contribution in [0.25, 0.3) is 0 Å². The molecular formula is C11H16N2O4. The summed E-state index contributed by atoms with van der Waals surface area (Å²) in [6, 6.07) is 5.14. The minimum Gasteiger partial charge on any atom is -0.493 e. The van der Waals surface area contributed by atoms with Crippen molar-refractivity contribution in [2.24, 2.45) is 10.9 Å². The van der Waals surface area contributed by atoms with E-state index >= 15 is 0 Å². The summed E-state index contributed by atoms with van der Waals surface area (Å²) in [5.41, 5.74) is 6.05. The molecule has 0 aliphatic heterocycles. The number of amidine groups is 1. The van der Waals surface area contributed by atoms with Gasteiger partial charge in [-0.25, -0.2) is 0 Å². The molecule has 6 heteroatoms. The predicted molar refractivity (Wildman–Crippen MR) is 62.4 cm³/mol. The van der Waals surface area contributed by atoms with Crippen LogP contribution in [0.3, 0.4) is 0 Å². The van der Waals surface area contributed by atoms with Gasteiger partial charge in [-0.15, -0.1) is 0 Å². The van der Waals surface area contributed by atoms with E-state index in [1.807, 2.05) is 0 Å². The van der Waals surface area contributed by atoms with Gasteiger partial charge in [0.1, 0.15) is 5.84 Å². The van der Waals surface area contributed by atoms with E-state index in [1.54, 1.807) is 18.2 Å². The van der Waals surface area contributed by atoms with E-state index in [0.29, 0.717) is 17.9 Å². The lowest BCUT2D eigenvalue weighted by Gasteiger charge is -2.11. The SMILES string of the molecule is COc1cc(CO)ccc1OCC/C(N)=N/O. The van der Waals surface area contributed by atoms with Gasteiger partial charge < -0.3 is 25.5 Å². The number of benzene rings is 1. The zero-order valence-electron chi connectivity index (χ0n) is 9.59. The van der Waals surface area contributed by atoms with Gasteiger partial charge in [0.25, 0.3) is 0 Å². The standard InChI is InChI=1S/C11H16N2O4/c1-16-10-6-8(7-14)2-3-9(10)17-5-4-11(12)13-15/h2-3,6,14-15H,4-5,7H2,1H3,(H2,12,13). The van der Waals surface area contributed by atoms with Gasteiger partial charge in [0.05, 0.1) is 20.3 Å². The van der Waals surface area contributed by atoms with Crippen LogP contribution in [0.2, 0.25) is 0 Å². The molecular weight excluding hydrogens is 224 g/mol. The maximum Gasteiger partial charge on any atom is 0.161 e. The Labute approximate surface area is 99.3 Å². The van der Waals surface area contributed by atoms with E-state index in [9.17, 15) is 0 Å². The average Bonchev–Trinajstić information content (AvgIpc) is 2.38. The van der Waals surface area contributed by atoms with E-state index in [4.69, 9.17) is 25.5 Å². The molecule has 0 amide bonds. The second kappa shape index (κ2) is 6.59. The van der Waals surface area contributed by atoms with Gasteiger partial charge in [-0.05, 0) is 17.7 Å². The van der Waals surface area contributed by atoms with E-state index < -0.39 is 0 Å². The first-order valence-electron chi connectivity index (χ1n) is 5.08. The van der Waals surface area contributed by atoms with Gasteiger partial charge in [-0.1, -0.05) is 11.2 Å². The van der Waals surface area contributed by atoms with Crippen molar-refractivity contribution in [3.05, 3.63) is 23.8 Å². The third-order valence-corrected chi connectivity index (χ3v) is 2.15. The minimum absolute atomic E-state index is 0.0548. The van der Waals surface area contributed by atoms with Crippen LogP contribution < -0.4 is 15.2 Å². The molecule has 0 aliphatic rings. The lowest BCUT2D eigenvalue weighted by molar-refractivity contribution is 0.277. The van der Waals surface area contributed by atoms with Crippen LogP contribution in [0, 0.1) is 0 Å². The fourth-order valence-corrected chi connectivity index (χ4v) is 1.25. The van der Waals surface area contributed by atoms with Crippen molar-refractivity contribution in [1.29, 1.82) is 0 Å². The van der Waals surface area contributed by atoms with Gasteiger partial charge in [-0.2, -0.15) is 0 Å². The molecule has 1 aromatic carbocycles. The molecule has 0 aromatic heterocycles. The molecule has 0 radical (unpaired) electrons. The number of hydrogen-bond acceptors (Lipinski definition) is 5. The van der Waals surface area contributed by atoms with Crippen LogP contribution in [0.5, 0.6) is 11.5 Å². The molecule has 0 spiro atoms. The van der Waals surface area contributed by atoms with Crippen LogP contribution in [-0.2, 0) is 6.61 Å². The molecule has 0 saturated heterocycles. The predicted octanol–water partition coefficient (Wildman–Crippen LogP) is 0.703.